The summed E-state index contributed by atoms with van der Waals surface area (Å²) in [6.07, 6.45) is 0. The van der Waals surface area contributed by atoms with Crippen molar-refractivity contribution in [2.45, 2.75) is 0 Å². The van der Waals surface area contributed by atoms with Crippen LogP contribution in [0.1, 0.15) is 10.5 Å². The van der Waals surface area contributed by atoms with Gasteiger partial charge in [0.05, 0.1) is 12.1 Å². The molecular formula is C17H16ClN5O2. The highest BCUT2D eigenvalue weighted by molar-refractivity contribution is 6.35. The SMILES string of the molecule is COC(=O)c1cc(Cl)c2nc(Nc3ccccc3)nc(N(C)C)c2n1. The third-order valence-electron chi connectivity index (χ3n) is 3.44. The van der Waals surface area contributed by atoms with Gasteiger partial charge in [-0.2, -0.15) is 4.98 Å². The fraction of sp³-hybridized carbons (Fsp3) is 0.176. The molecular weight excluding hydrogens is 342 g/mol. The van der Waals surface area contributed by atoms with Crippen molar-refractivity contribution in [3.05, 3.63) is 47.1 Å². The van der Waals surface area contributed by atoms with E-state index in [4.69, 9.17) is 16.3 Å². The van der Waals surface area contributed by atoms with E-state index in [1.54, 1.807) is 4.90 Å². The number of hydrogen-bond acceptors (Lipinski definition) is 7. The quantitative estimate of drug-likeness (QED) is 0.717. The van der Waals surface area contributed by atoms with Gasteiger partial charge in [-0.25, -0.2) is 14.8 Å². The molecule has 7 nitrogen and oxygen atoms in total. The summed E-state index contributed by atoms with van der Waals surface area (Å²) in [7, 11) is 4.95. The van der Waals surface area contributed by atoms with Gasteiger partial charge in [-0.3, -0.25) is 0 Å². The molecule has 3 rings (SSSR count). The number of rotatable bonds is 4. The highest BCUT2D eigenvalue weighted by Crippen LogP contribution is 2.29. The number of carbonyl (C=O) groups excluding carboxylic acids is 1. The van der Waals surface area contributed by atoms with Gasteiger partial charge in [0.25, 0.3) is 0 Å². The van der Waals surface area contributed by atoms with Crippen molar-refractivity contribution in [3.8, 4) is 0 Å². The van der Waals surface area contributed by atoms with Crippen LogP contribution in [-0.4, -0.2) is 42.1 Å². The number of halogens is 1. The van der Waals surface area contributed by atoms with Crippen LogP contribution in [-0.2, 0) is 4.74 Å². The Balaban J connectivity index is 2.17. The van der Waals surface area contributed by atoms with Crippen LogP contribution in [0.25, 0.3) is 11.0 Å². The lowest BCUT2D eigenvalue weighted by atomic mass is 10.2. The van der Waals surface area contributed by atoms with E-state index in [0.717, 1.165) is 5.69 Å². The van der Waals surface area contributed by atoms with Gasteiger partial charge in [0, 0.05) is 19.8 Å². The van der Waals surface area contributed by atoms with E-state index in [0.29, 0.717) is 27.8 Å². The second-order valence-corrected chi connectivity index (χ2v) is 5.84. The van der Waals surface area contributed by atoms with E-state index in [2.05, 4.69) is 20.3 Å². The molecule has 0 unspecified atom stereocenters. The molecule has 8 heteroatoms. The Morgan fingerprint density at radius 1 is 1.12 bits per heavy atom. The fourth-order valence-electron chi connectivity index (χ4n) is 2.28. The molecule has 0 aliphatic rings. The van der Waals surface area contributed by atoms with Crippen LogP contribution in [0.2, 0.25) is 5.02 Å². The second-order valence-electron chi connectivity index (χ2n) is 5.43. The number of fused-ring (bicyclic) bond motifs is 1. The number of aromatic nitrogens is 3. The number of nitrogens with zero attached hydrogens (tertiary/aromatic N) is 4. The minimum Gasteiger partial charge on any atom is -0.464 e. The highest BCUT2D eigenvalue weighted by atomic mass is 35.5. The Morgan fingerprint density at radius 3 is 2.48 bits per heavy atom. The average Bonchev–Trinajstić information content (AvgIpc) is 2.61. The van der Waals surface area contributed by atoms with Crippen LogP contribution in [0.4, 0.5) is 17.5 Å². The molecule has 0 bridgehead atoms. The number of ether oxygens (including phenoxy) is 1. The summed E-state index contributed by atoms with van der Waals surface area (Å²) in [5, 5.41) is 3.44. The maximum absolute atomic E-state index is 11.8. The molecule has 0 spiro atoms. The topological polar surface area (TPSA) is 80.2 Å². The Kier molecular flexibility index (Phi) is 4.67. The number of anilines is 3. The number of methoxy groups -OCH3 is 1. The first kappa shape index (κ1) is 16.9. The number of para-hydroxylation sites is 1. The largest absolute Gasteiger partial charge is 0.464 e. The average molecular weight is 358 g/mol. The van der Waals surface area contributed by atoms with Gasteiger partial charge in [0.15, 0.2) is 11.5 Å². The summed E-state index contributed by atoms with van der Waals surface area (Å²) in [4.78, 5) is 26.8. The first-order valence-electron chi connectivity index (χ1n) is 7.45. The van der Waals surface area contributed by atoms with Crippen LogP contribution in [0.3, 0.4) is 0 Å². The number of hydrogen-bond donors (Lipinski definition) is 1. The fourth-order valence-corrected chi connectivity index (χ4v) is 2.52. The van der Waals surface area contributed by atoms with Crippen molar-refractivity contribution in [1.29, 1.82) is 0 Å². The zero-order valence-corrected chi connectivity index (χ0v) is 14.7. The van der Waals surface area contributed by atoms with E-state index < -0.39 is 5.97 Å². The molecule has 0 radical (unpaired) electrons. The summed E-state index contributed by atoms with van der Waals surface area (Å²) in [6.45, 7) is 0. The van der Waals surface area contributed by atoms with Gasteiger partial charge in [-0.15, -0.1) is 0 Å². The highest BCUT2D eigenvalue weighted by Gasteiger charge is 2.18. The van der Waals surface area contributed by atoms with E-state index in [-0.39, 0.29) is 5.69 Å². The van der Waals surface area contributed by atoms with Gasteiger partial charge < -0.3 is 15.0 Å². The maximum Gasteiger partial charge on any atom is 0.356 e. The number of esters is 1. The van der Waals surface area contributed by atoms with E-state index in [1.807, 2.05) is 44.4 Å². The van der Waals surface area contributed by atoms with Gasteiger partial charge >= 0.3 is 5.97 Å². The smallest absolute Gasteiger partial charge is 0.356 e. The normalized spacial score (nSPS) is 10.6. The van der Waals surface area contributed by atoms with Crippen LogP contribution >= 0.6 is 11.6 Å². The summed E-state index contributed by atoms with van der Waals surface area (Å²) >= 11 is 6.33. The third kappa shape index (κ3) is 3.46. The zero-order chi connectivity index (χ0) is 18.0. The molecule has 1 N–H and O–H groups in total. The lowest BCUT2D eigenvalue weighted by Crippen LogP contribution is -2.15. The Bertz CT molecular complexity index is 931. The number of benzene rings is 1. The summed E-state index contributed by atoms with van der Waals surface area (Å²) in [5.41, 5.74) is 1.83. The van der Waals surface area contributed by atoms with E-state index >= 15 is 0 Å². The zero-order valence-electron chi connectivity index (χ0n) is 13.9. The van der Waals surface area contributed by atoms with Gasteiger partial charge in [-0.05, 0) is 18.2 Å². The summed E-state index contributed by atoms with van der Waals surface area (Å²) in [6, 6.07) is 11.0. The molecule has 0 aliphatic carbocycles. The molecule has 0 amide bonds. The molecule has 2 heterocycles. The molecule has 0 saturated heterocycles. The molecule has 0 fully saturated rings. The van der Waals surface area contributed by atoms with Gasteiger partial charge in [0.2, 0.25) is 5.95 Å². The molecule has 0 saturated carbocycles. The molecule has 0 atom stereocenters. The number of carbonyl (C=O) groups is 1. The molecule has 25 heavy (non-hydrogen) atoms. The molecule has 3 aromatic rings. The lowest BCUT2D eigenvalue weighted by Gasteiger charge is -2.16. The standard InChI is InChI=1S/C17H16ClN5O2/c1-23(2)15-14-13(11(18)9-12(20-14)16(24)25-3)21-17(22-15)19-10-7-5-4-6-8-10/h4-9H,1-3H3,(H,19,21,22). The molecule has 0 aliphatic heterocycles. The molecule has 2 aromatic heterocycles. The predicted molar refractivity (Wildman–Crippen MR) is 97.7 cm³/mol. The van der Waals surface area contributed by atoms with E-state index in [1.165, 1.54) is 13.2 Å². The Morgan fingerprint density at radius 2 is 1.84 bits per heavy atom. The van der Waals surface area contributed by atoms with Crippen LogP contribution in [0, 0.1) is 0 Å². The Labute approximate surface area is 149 Å². The monoisotopic (exact) mass is 357 g/mol. The second kappa shape index (κ2) is 6.90. The number of nitrogens with one attached hydrogen (secondary N) is 1. The third-order valence-corrected chi connectivity index (χ3v) is 3.72. The lowest BCUT2D eigenvalue weighted by molar-refractivity contribution is 0.0594. The van der Waals surface area contributed by atoms with Crippen molar-refractivity contribution >= 4 is 46.1 Å². The van der Waals surface area contributed by atoms with Crippen LogP contribution in [0.15, 0.2) is 36.4 Å². The van der Waals surface area contributed by atoms with Crippen LogP contribution in [0.5, 0.6) is 0 Å². The van der Waals surface area contributed by atoms with Crippen molar-refractivity contribution in [2.75, 3.05) is 31.4 Å². The van der Waals surface area contributed by atoms with Gasteiger partial charge in [0.1, 0.15) is 11.0 Å². The van der Waals surface area contributed by atoms with Crippen molar-refractivity contribution in [2.24, 2.45) is 0 Å². The first-order valence-corrected chi connectivity index (χ1v) is 7.83. The molecule has 128 valence electrons. The number of pyridine rings is 1. The minimum atomic E-state index is -0.569. The maximum atomic E-state index is 11.8. The van der Waals surface area contributed by atoms with Gasteiger partial charge in [-0.1, -0.05) is 29.8 Å². The van der Waals surface area contributed by atoms with Crippen molar-refractivity contribution in [3.63, 3.8) is 0 Å². The predicted octanol–water partition coefficient (Wildman–Crippen LogP) is 3.27. The van der Waals surface area contributed by atoms with E-state index in [9.17, 15) is 4.79 Å². The molecule has 1 aromatic carbocycles. The minimum absolute atomic E-state index is 0.107. The van der Waals surface area contributed by atoms with Crippen LogP contribution < -0.4 is 10.2 Å². The summed E-state index contributed by atoms with van der Waals surface area (Å²) < 4.78 is 4.72. The van der Waals surface area contributed by atoms with Crippen molar-refractivity contribution in [1.82, 2.24) is 15.0 Å². The first-order chi connectivity index (χ1) is 12.0. The summed E-state index contributed by atoms with van der Waals surface area (Å²) in [5.74, 6) is 0.355. The van der Waals surface area contributed by atoms with Crippen molar-refractivity contribution < 1.29 is 9.53 Å². The Hall–Kier alpha value is -2.93.